The van der Waals surface area contributed by atoms with Crippen LogP contribution in [0.4, 0.5) is 4.39 Å². The normalized spacial score (nSPS) is 19.5. The van der Waals surface area contributed by atoms with Crippen molar-refractivity contribution in [2.75, 3.05) is 13.2 Å². The number of ether oxygens (including phenoxy) is 1. The first kappa shape index (κ1) is 21.9. The summed E-state index contributed by atoms with van der Waals surface area (Å²) in [4.78, 5) is 14.6. The first-order chi connectivity index (χ1) is 14.9. The number of carbonyl (C=O) groups is 1. The number of rotatable bonds is 10. The van der Waals surface area contributed by atoms with Crippen LogP contribution in [0.2, 0.25) is 0 Å². The lowest BCUT2D eigenvalue weighted by atomic mass is 10.1. The van der Waals surface area contributed by atoms with Crippen LogP contribution in [0.3, 0.4) is 0 Å². The van der Waals surface area contributed by atoms with Crippen LogP contribution in [0.5, 0.6) is 5.75 Å². The van der Waals surface area contributed by atoms with E-state index in [1.165, 1.54) is 18.2 Å². The average Bonchev–Trinajstić information content (AvgIpc) is 3.52. The quantitative estimate of drug-likeness (QED) is 0.442. The Morgan fingerprint density at radius 1 is 1.13 bits per heavy atom. The molecule has 0 spiro atoms. The second-order valence-electron chi connectivity index (χ2n) is 8.20. The van der Waals surface area contributed by atoms with Gasteiger partial charge in [0.1, 0.15) is 11.6 Å². The number of halogens is 1. The summed E-state index contributed by atoms with van der Waals surface area (Å²) in [7, 11) is -3.81. The third-order valence-electron chi connectivity index (χ3n) is 5.76. The topological polar surface area (TPSA) is 75.7 Å². The van der Waals surface area contributed by atoms with Gasteiger partial charge in [-0.3, -0.25) is 4.79 Å². The van der Waals surface area contributed by atoms with Gasteiger partial charge in [0.2, 0.25) is 0 Å². The highest BCUT2D eigenvalue weighted by atomic mass is 32.2. The maximum atomic E-state index is 13.4. The minimum atomic E-state index is -3.81. The van der Waals surface area contributed by atoms with Crippen molar-refractivity contribution in [3.63, 3.8) is 0 Å². The summed E-state index contributed by atoms with van der Waals surface area (Å²) in [6, 6.07) is 12.4. The largest absolute Gasteiger partial charge is 0.494 e. The number of nitrogens with one attached hydrogen (secondary N) is 1. The summed E-state index contributed by atoms with van der Waals surface area (Å²) in [6.45, 7) is 1.13. The average molecular weight is 447 g/mol. The smallest absolute Gasteiger partial charge is 0.253 e. The third kappa shape index (κ3) is 5.70. The van der Waals surface area contributed by atoms with Crippen LogP contribution in [-0.4, -0.2) is 38.4 Å². The zero-order valence-corrected chi connectivity index (χ0v) is 18.1. The Labute approximate surface area is 182 Å². The Morgan fingerprint density at radius 2 is 1.90 bits per heavy atom. The molecule has 0 radical (unpaired) electrons. The van der Waals surface area contributed by atoms with Crippen molar-refractivity contribution >= 4 is 15.8 Å². The van der Waals surface area contributed by atoms with Crippen molar-refractivity contribution in [2.24, 2.45) is 5.92 Å². The molecule has 2 aliphatic rings. The van der Waals surface area contributed by atoms with Gasteiger partial charge in [0.25, 0.3) is 10.0 Å². The zero-order chi connectivity index (χ0) is 21.8. The highest BCUT2D eigenvalue weighted by Gasteiger charge is 2.30. The predicted octanol–water partition coefficient (Wildman–Crippen LogP) is 3.94. The van der Waals surface area contributed by atoms with Crippen LogP contribution in [0.25, 0.3) is 0 Å². The second-order valence-corrected chi connectivity index (χ2v) is 9.86. The molecule has 31 heavy (non-hydrogen) atoms. The molecular weight excluding hydrogens is 419 g/mol. The van der Waals surface area contributed by atoms with Crippen molar-refractivity contribution in [3.8, 4) is 5.75 Å². The standard InChI is InChI=1S/C23H27FN2O4S/c24-19-4-1-7-22(16-19)31(28,29)25-26-14-2-5-20(26)6-3-15-30-21-12-10-18(11-13-21)23(27)17-8-9-17/h1,4,7,10-13,16-17,20,25H,2-3,5-6,8-9,14-15H2/t20-/m1/s1. The maximum absolute atomic E-state index is 13.4. The maximum Gasteiger partial charge on any atom is 0.253 e. The molecule has 1 aliphatic carbocycles. The van der Waals surface area contributed by atoms with Gasteiger partial charge < -0.3 is 4.74 Å². The highest BCUT2D eigenvalue weighted by Crippen LogP contribution is 2.33. The van der Waals surface area contributed by atoms with Gasteiger partial charge in [-0.15, -0.1) is 4.83 Å². The molecule has 0 bridgehead atoms. The van der Waals surface area contributed by atoms with Gasteiger partial charge in [0.05, 0.1) is 11.5 Å². The van der Waals surface area contributed by atoms with E-state index in [2.05, 4.69) is 4.83 Å². The number of carbonyl (C=O) groups excluding carboxylic acids is 1. The molecule has 1 saturated carbocycles. The van der Waals surface area contributed by atoms with E-state index < -0.39 is 15.8 Å². The van der Waals surface area contributed by atoms with Gasteiger partial charge in [-0.1, -0.05) is 6.07 Å². The number of hydrogen-bond acceptors (Lipinski definition) is 5. The number of ketones is 1. The summed E-state index contributed by atoms with van der Waals surface area (Å²) in [5, 5.41) is 1.73. The van der Waals surface area contributed by atoms with Crippen molar-refractivity contribution in [1.29, 1.82) is 0 Å². The Bertz CT molecular complexity index is 1020. The molecule has 2 aromatic rings. The van der Waals surface area contributed by atoms with E-state index in [0.717, 1.165) is 55.9 Å². The molecule has 1 aliphatic heterocycles. The van der Waals surface area contributed by atoms with Crippen LogP contribution in [0.15, 0.2) is 53.4 Å². The first-order valence-corrected chi connectivity index (χ1v) is 12.2. The van der Waals surface area contributed by atoms with E-state index in [1.54, 1.807) is 5.01 Å². The molecular formula is C23H27FN2O4S. The Balaban J connectivity index is 1.24. The van der Waals surface area contributed by atoms with Crippen molar-refractivity contribution < 1.29 is 22.3 Å². The summed E-state index contributed by atoms with van der Waals surface area (Å²) in [5.41, 5.74) is 0.738. The summed E-state index contributed by atoms with van der Waals surface area (Å²) in [6.07, 6.45) is 5.33. The van der Waals surface area contributed by atoms with Crippen LogP contribution < -0.4 is 9.57 Å². The van der Waals surface area contributed by atoms with Gasteiger partial charge >= 0.3 is 0 Å². The third-order valence-corrected chi connectivity index (χ3v) is 7.11. The molecule has 2 aromatic carbocycles. The predicted molar refractivity (Wildman–Crippen MR) is 115 cm³/mol. The minimum absolute atomic E-state index is 0.0745. The fourth-order valence-electron chi connectivity index (χ4n) is 3.90. The van der Waals surface area contributed by atoms with Crippen LogP contribution >= 0.6 is 0 Å². The molecule has 2 fully saturated rings. The van der Waals surface area contributed by atoms with E-state index in [0.29, 0.717) is 13.2 Å². The number of hydrogen-bond donors (Lipinski definition) is 1. The van der Waals surface area contributed by atoms with E-state index in [9.17, 15) is 17.6 Å². The van der Waals surface area contributed by atoms with Crippen LogP contribution in [0.1, 0.15) is 48.9 Å². The minimum Gasteiger partial charge on any atom is -0.494 e. The van der Waals surface area contributed by atoms with Gasteiger partial charge in [-0.2, -0.15) is 0 Å². The molecule has 0 amide bonds. The lowest BCUT2D eigenvalue weighted by Crippen LogP contribution is -2.45. The number of Topliss-reactive ketones (excluding diaryl/α,β-unsaturated/α-hetero) is 1. The van der Waals surface area contributed by atoms with Crippen molar-refractivity contribution in [3.05, 3.63) is 59.9 Å². The van der Waals surface area contributed by atoms with Crippen molar-refractivity contribution in [1.82, 2.24) is 9.84 Å². The zero-order valence-electron chi connectivity index (χ0n) is 17.3. The van der Waals surface area contributed by atoms with Gasteiger partial charge in [-0.25, -0.2) is 17.8 Å². The monoisotopic (exact) mass is 446 g/mol. The second kappa shape index (κ2) is 9.46. The van der Waals surface area contributed by atoms with E-state index >= 15 is 0 Å². The number of hydrazine groups is 1. The number of sulfonamides is 1. The Hall–Kier alpha value is -2.29. The first-order valence-electron chi connectivity index (χ1n) is 10.7. The molecule has 0 unspecified atom stereocenters. The lowest BCUT2D eigenvalue weighted by molar-refractivity contribution is 0.0967. The molecule has 1 atom stereocenters. The number of benzene rings is 2. The van der Waals surface area contributed by atoms with E-state index in [-0.39, 0.29) is 22.6 Å². The van der Waals surface area contributed by atoms with Gasteiger partial charge in [0.15, 0.2) is 5.78 Å². The summed E-state index contributed by atoms with van der Waals surface area (Å²) >= 11 is 0. The lowest BCUT2D eigenvalue weighted by Gasteiger charge is -2.25. The Kier molecular flexibility index (Phi) is 6.69. The summed E-state index contributed by atoms with van der Waals surface area (Å²) in [5.74, 6) is 0.568. The molecule has 0 aromatic heterocycles. The van der Waals surface area contributed by atoms with Crippen molar-refractivity contribution in [2.45, 2.75) is 49.5 Å². The van der Waals surface area contributed by atoms with Crippen LogP contribution in [-0.2, 0) is 10.0 Å². The molecule has 1 heterocycles. The molecule has 1 saturated heterocycles. The number of nitrogens with zero attached hydrogens (tertiary/aromatic N) is 1. The molecule has 4 rings (SSSR count). The molecule has 8 heteroatoms. The highest BCUT2D eigenvalue weighted by molar-refractivity contribution is 7.89. The SMILES string of the molecule is O=C(c1ccc(OCCC[C@H]2CCCN2NS(=O)(=O)c2cccc(F)c2)cc1)C1CC1. The van der Waals surface area contributed by atoms with Gasteiger partial charge in [0, 0.05) is 24.1 Å². The molecule has 166 valence electrons. The molecule has 6 nitrogen and oxygen atoms in total. The fraction of sp³-hybridized carbons (Fsp3) is 0.435. The fourth-order valence-corrected chi connectivity index (χ4v) is 5.08. The van der Waals surface area contributed by atoms with E-state index in [4.69, 9.17) is 4.74 Å². The van der Waals surface area contributed by atoms with Gasteiger partial charge in [-0.05, 0) is 81.0 Å². The van der Waals surface area contributed by atoms with E-state index in [1.807, 2.05) is 24.3 Å². The Morgan fingerprint density at radius 3 is 2.61 bits per heavy atom. The van der Waals surface area contributed by atoms with Crippen LogP contribution in [0, 0.1) is 11.7 Å². The summed E-state index contributed by atoms with van der Waals surface area (Å²) < 4.78 is 44.3. The molecule has 1 N–H and O–H groups in total.